The summed E-state index contributed by atoms with van der Waals surface area (Å²) < 4.78 is 43.4. The van der Waals surface area contributed by atoms with Crippen LogP contribution in [0.2, 0.25) is 5.02 Å². The van der Waals surface area contributed by atoms with Crippen molar-refractivity contribution >= 4 is 28.9 Å². The Morgan fingerprint density at radius 1 is 1.31 bits per heavy atom. The van der Waals surface area contributed by atoms with Crippen molar-refractivity contribution in [3.63, 3.8) is 0 Å². The Hall–Kier alpha value is -2.00. The van der Waals surface area contributed by atoms with Crippen molar-refractivity contribution in [1.82, 2.24) is 15.6 Å². The van der Waals surface area contributed by atoms with E-state index < -0.39 is 11.9 Å². The van der Waals surface area contributed by atoms with Gasteiger partial charge in [0.1, 0.15) is 16.9 Å². The molecule has 1 aromatic carbocycles. The molecule has 1 unspecified atom stereocenters. The first-order chi connectivity index (χ1) is 12.3. The third-order valence-corrected chi connectivity index (χ3v) is 4.28. The van der Waals surface area contributed by atoms with Gasteiger partial charge in [0.25, 0.3) is 0 Å². The van der Waals surface area contributed by atoms with E-state index in [9.17, 15) is 13.2 Å². The molecule has 0 bridgehead atoms. The Balaban J connectivity index is 1.78. The van der Waals surface area contributed by atoms with Gasteiger partial charge in [-0.05, 0) is 31.2 Å². The van der Waals surface area contributed by atoms with Gasteiger partial charge in [-0.25, -0.2) is 4.98 Å². The van der Waals surface area contributed by atoms with E-state index in [1.54, 1.807) is 31.3 Å². The summed E-state index contributed by atoms with van der Waals surface area (Å²) in [7, 11) is 1.57. The van der Waals surface area contributed by atoms with Gasteiger partial charge in [0.2, 0.25) is 0 Å². The molecular formula is C16H18ClF3N4OS. The van der Waals surface area contributed by atoms with E-state index in [-0.39, 0.29) is 12.6 Å². The van der Waals surface area contributed by atoms with Gasteiger partial charge in [-0.15, -0.1) is 11.3 Å². The molecule has 0 saturated carbocycles. The third-order valence-electron chi connectivity index (χ3n) is 3.18. The summed E-state index contributed by atoms with van der Waals surface area (Å²) in [6.07, 6.45) is -4.59. The molecule has 2 N–H and O–H groups in total. The quantitative estimate of drug-likeness (QED) is 0.563. The van der Waals surface area contributed by atoms with E-state index in [1.165, 1.54) is 0 Å². The van der Waals surface area contributed by atoms with Crippen LogP contribution in [-0.2, 0) is 12.7 Å². The number of guanidine groups is 1. The number of rotatable bonds is 6. The number of aliphatic imine (C=N–C) groups is 1. The lowest BCUT2D eigenvalue weighted by Gasteiger charge is -2.17. The molecule has 10 heteroatoms. The first-order valence-corrected chi connectivity index (χ1v) is 8.92. The van der Waals surface area contributed by atoms with Crippen LogP contribution in [0.5, 0.6) is 5.75 Å². The number of nitrogens with zero attached hydrogens (tertiary/aromatic N) is 2. The average molecular weight is 407 g/mol. The number of nitrogens with one attached hydrogen (secondary N) is 2. The lowest BCUT2D eigenvalue weighted by atomic mass is 10.3. The lowest BCUT2D eigenvalue weighted by Crippen LogP contribution is -2.41. The van der Waals surface area contributed by atoms with Crippen LogP contribution in [0.1, 0.15) is 17.6 Å². The zero-order chi connectivity index (χ0) is 19.2. The van der Waals surface area contributed by atoms with E-state index >= 15 is 0 Å². The minimum Gasteiger partial charge on any atom is -0.489 e. The highest BCUT2D eigenvalue weighted by Crippen LogP contribution is 2.29. The van der Waals surface area contributed by atoms with E-state index in [0.717, 1.165) is 16.7 Å². The highest BCUT2D eigenvalue weighted by atomic mass is 35.5. The van der Waals surface area contributed by atoms with Crippen LogP contribution in [0, 0.1) is 0 Å². The lowest BCUT2D eigenvalue weighted by molar-refractivity contribution is -0.140. The Labute approximate surface area is 158 Å². The molecule has 2 aromatic rings. The molecule has 0 amide bonds. The summed E-state index contributed by atoms with van der Waals surface area (Å²) in [5, 5.41) is 7.92. The Kier molecular flexibility index (Phi) is 7.10. The summed E-state index contributed by atoms with van der Waals surface area (Å²) in [6, 6.07) is 7.01. The molecule has 1 atom stereocenters. The topological polar surface area (TPSA) is 58.5 Å². The fourth-order valence-electron chi connectivity index (χ4n) is 1.93. The first-order valence-electron chi connectivity index (χ1n) is 7.66. The molecule has 26 heavy (non-hydrogen) atoms. The predicted molar refractivity (Wildman–Crippen MR) is 96.9 cm³/mol. The summed E-state index contributed by atoms with van der Waals surface area (Å²) >= 11 is 6.77. The fraction of sp³-hybridized carbons (Fsp3) is 0.375. The van der Waals surface area contributed by atoms with Crippen molar-refractivity contribution in [2.75, 3.05) is 13.6 Å². The van der Waals surface area contributed by atoms with Crippen molar-refractivity contribution in [2.45, 2.75) is 25.7 Å². The zero-order valence-electron chi connectivity index (χ0n) is 14.1. The van der Waals surface area contributed by atoms with Crippen LogP contribution in [-0.4, -0.2) is 30.6 Å². The van der Waals surface area contributed by atoms with Crippen molar-refractivity contribution in [3.8, 4) is 5.75 Å². The highest BCUT2D eigenvalue weighted by molar-refractivity contribution is 7.09. The second kappa shape index (κ2) is 9.09. The first kappa shape index (κ1) is 20.3. The van der Waals surface area contributed by atoms with Gasteiger partial charge in [0.15, 0.2) is 11.7 Å². The van der Waals surface area contributed by atoms with Crippen LogP contribution in [0.3, 0.4) is 0 Å². The van der Waals surface area contributed by atoms with Gasteiger partial charge >= 0.3 is 6.18 Å². The molecule has 0 fully saturated rings. The zero-order valence-corrected chi connectivity index (χ0v) is 15.7. The number of ether oxygens (including phenoxy) is 1. The van der Waals surface area contributed by atoms with Crippen LogP contribution in [0.4, 0.5) is 13.2 Å². The molecule has 5 nitrogen and oxygen atoms in total. The number of hydrogen-bond acceptors (Lipinski definition) is 4. The SMILES string of the molecule is CN=C(NCc1nc(C(F)(F)F)cs1)NCC(C)Oc1ccc(Cl)cc1. The number of halogens is 4. The van der Waals surface area contributed by atoms with E-state index in [0.29, 0.717) is 28.3 Å². The van der Waals surface area contributed by atoms with Crippen LogP contribution < -0.4 is 15.4 Å². The van der Waals surface area contributed by atoms with Crippen molar-refractivity contribution in [3.05, 3.63) is 45.4 Å². The van der Waals surface area contributed by atoms with Gasteiger partial charge in [0, 0.05) is 17.5 Å². The molecule has 0 radical (unpaired) electrons. The van der Waals surface area contributed by atoms with Crippen LogP contribution in [0.25, 0.3) is 0 Å². The van der Waals surface area contributed by atoms with Crippen LogP contribution in [0.15, 0.2) is 34.6 Å². The molecule has 2 rings (SSSR count). The fourth-order valence-corrected chi connectivity index (χ4v) is 2.80. The Bertz CT molecular complexity index is 734. The van der Waals surface area contributed by atoms with Gasteiger partial charge in [-0.3, -0.25) is 4.99 Å². The molecule has 0 aliphatic heterocycles. The van der Waals surface area contributed by atoms with Crippen LogP contribution >= 0.6 is 22.9 Å². The molecular weight excluding hydrogens is 389 g/mol. The minimum absolute atomic E-state index is 0.146. The molecule has 142 valence electrons. The molecule has 1 heterocycles. The number of hydrogen-bond donors (Lipinski definition) is 2. The summed E-state index contributed by atoms with van der Waals surface area (Å²) in [4.78, 5) is 7.58. The molecule has 1 aromatic heterocycles. The average Bonchev–Trinajstić information content (AvgIpc) is 3.06. The molecule has 0 spiro atoms. The number of aromatic nitrogens is 1. The predicted octanol–water partition coefficient (Wildman–Crippen LogP) is 3.95. The van der Waals surface area contributed by atoms with E-state index in [4.69, 9.17) is 16.3 Å². The smallest absolute Gasteiger partial charge is 0.434 e. The van der Waals surface area contributed by atoms with Gasteiger partial charge in [-0.2, -0.15) is 13.2 Å². The highest BCUT2D eigenvalue weighted by Gasteiger charge is 2.33. The maximum Gasteiger partial charge on any atom is 0.434 e. The minimum atomic E-state index is -4.43. The second-order valence-corrected chi connectivity index (χ2v) is 6.69. The normalized spacial score (nSPS) is 13.4. The van der Waals surface area contributed by atoms with E-state index in [2.05, 4.69) is 20.6 Å². The van der Waals surface area contributed by atoms with Gasteiger partial charge < -0.3 is 15.4 Å². The third kappa shape index (κ3) is 6.38. The molecule has 0 aliphatic rings. The molecule has 0 saturated heterocycles. The van der Waals surface area contributed by atoms with Crippen molar-refractivity contribution in [2.24, 2.45) is 4.99 Å². The largest absolute Gasteiger partial charge is 0.489 e. The molecule has 0 aliphatic carbocycles. The number of alkyl halides is 3. The van der Waals surface area contributed by atoms with Crippen molar-refractivity contribution < 1.29 is 17.9 Å². The maximum atomic E-state index is 12.5. The maximum absolute atomic E-state index is 12.5. The number of benzene rings is 1. The standard InChI is InChI=1S/C16H18ClF3N4OS/c1-10(25-12-5-3-11(17)4-6-12)7-22-15(21-2)23-8-14-24-13(9-26-14)16(18,19)20/h3-6,9-10H,7-8H2,1-2H3,(H2,21,22,23). The summed E-state index contributed by atoms with van der Waals surface area (Å²) in [5.41, 5.74) is -0.882. The monoisotopic (exact) mass is 406 g/mol. The van der Waals surface area contributed by atoms with Crippen molar-refractivity contribution in [1.29, 1.82) is 0 Å². The Morgan fingerprint density at radius 3 is 2.58 bits per heavy atom. The van der Waals surface area contributed by atoms with Gasteiger partial charge in [-0.1, -0.05) is 11.6 Å². The summed E-state index contributed by atoms with van der Waals surface area (Å²) in [5.74, 6) is 1.13. The summed E-state index contributed by atoms with van der Waals surface area (Å²) in [6.45, 7) is 2.48. The second-order valence-electron chi connectivity index (χ2n) is 5.31. The van der Waals surface area contributed by atoms with Gasteiger partial charge in [0.05, 0.1) is 13.1 Å². The van der Waals surface area contributed by atoms with E-state index in [1.807, 2.05) is 6.92 Å². The number of thiazole rings is 1. The Morgan fingerprint density at radius 2 is 2.00 bits per heavy atom.